The lowest BCUT2D eigenvalue weighted by molar-refractivity contribution is -0.143. The number of unbranched alkanes of at least 4 members (excludes halogenated alkanes) is 49. The number of amides is 1. The van der Waals surface area contributed by atoms with E-state index in [9.17, 15) is 19.8 Å². The summed E-state index contributed by atoms with van der Waals surface area (Å²) in [6, 6.07) is -0.551. The molecule has 0 aliphatic rings. The monoisotopic (exact) mass is 1100 g/mol. The third-order valence-corrected chi connectivity index (χ3v) is 16.4. The van der Waals surface area contributed by atoms with Crippen molar-refractivity contribution in [1.29, 1.82) is 0 Å². The minimum Gasteiger partial charge on any atom is -0.466 e. The number of rotatable bonds is 66. The van der Waals surface area contributed by atoms with E-state index in [0.29, 0.717) is 25.9 Å². The van der Waals surface area contributed by atoms with Crippen LogP contribution in [0.2, 0.25) is 0 Å². The summed E-state index contributed by atoms with van der Waals surface area (Å²) >= 11 is 0. The van der Waals surface area contributed by atoms with Gasteiger partial charge in [-0.1, -0.05) is 326 Å². The van der Waals surface area contributed by atoms with Gasteiger partial charge in [0.1, 0.15) is 0 Å². The van der Waals surface area contributed by atoms with Crippen LogP contribution in [0.15, 0.2) is 36.5 Å². The first-order valence-corrected chi connectivity index (χ1v) is 35.2. The molecule has 0 aromatic carbocycles. The second-order valence-electron chi connectivity index (χ2n) is 24.2. The van der Waals surface area contributed by atoms with Gasteiger partial charge in [-0.2, -0.15) is 0 Å². The summed E-state index contributed by atoms with van der Waals surface area (Å²) in [7, 11) is 0. The molecule has 0 aliphatic carbocycles. The highest BCUT2D eigenvalue weighted by molar-refractivity contribution is 5.76. The first-order valence-electron chi connectivity index (χ1n) is 35.2. The Kier molecular flexibility index (Phi) is 65.9. The Morgan fingerprint density at radius 2 is 0.641 bits per heavy atom. The van der Waals surface area contributed by atoms with Crippen molar-refractivity contribution in [1.82, 2.24) is 5.32 Å². The zero-order valence-electron chi connectivity index (χ0n) is 52.7. The average Bonchev–Trinajstić information content (AvgIpc) is 3.44. The maximum absolute atomic E-state index is 12.6. The summed E-state index contributed by atoms with van der Waals surface area (Å²) in [5.74, 6) is -0.0436. The van der Waals surface area contributed by atoms with Gasteiger partial charge in [0.25, 0.3) is 0 Å². The van der Waals surface area contributed by atoms with Gasteiger partial charge in [0.15, 0.2) is 0 Å². The second kappa shape index (κ2) is 67.6. The number of carbonyl (C=O) groups is 2. The highest BCUT2D eigenvalue weighted by atomic mass is 16.5. The van der Waals surface area contributed by atoms with Crippen LogP contribution < -0.4 is 5.32 Å². The Balaban J connectivity index is 3.43. The molecule has 0 aliphatic heterocycles. The van der Waals surface area contributed by atoms with E-state index >= 15 is 0 Å². The molecule has 6 heteroatoms. The lowest BCUT2D eigenvalue weighted by Gasteiger charge is -2.22. The minimum absolute atomic E-state index is 0.00296. The van der Waals surface area contributed by atoms with Crippen molar-refractivity contribution in [3.63, 3.8) is 0 Å². The Labute approximate surface area is 487 Å². The molecule has 0 aromatic rings. The highest BCUT2D eigenvalue weighted by Crippen LogP contribution is 2.19. The molecule has 0 radical (unpaired) electrons. The summed E-state index contributed by atoms with van der Waals surface area (Å²) in [6.07, 6.45) is 86.1. The van der Waals surface area contributed by atoms with Gasteiger partial charge in [-0.25, -0.2) is 0 Å². The third kappa shape index (κ3) is 63.3. The lowest BCUT2D eigenvalue weighted by atomic mass is 10.0. The molecule has 0 spiro atoms. The molecule has 3 N–H and O–H groups in total. The molecule has 0 saturated heterocycles. The van der Waals surface area contributed by atoms with E-state index in [-0.39, 0.29) is 18.5 Å². The molecule has 1 amide bonds. The van der Waals surface area contributed by atoms with Crippen LogP contribution in [-0.2, 0) is 14.3 Å². The standard InChI is InChI=1S/C72H137NO5/c1-3-5-7-9-11-13-15-17-19-21-22-23-24-25-26-27-29-33-36-40-44-48-52-56-60-64-70(75)69(68-74)73-71(76)65-61-57-53-49-45-41-37-34-30-28-31-35-39-43-47-51-55-59-63-67-78-72(77)66-62-58-54-50-46-42-38-32-20-18-16-14-12-10-8-6-4-2/h12,14,18,20,28,30,69-70,74-75H,3-11,13,15-17,19,21-27,29,31-68H2,1-2H3,(H,73,76)/b14-12-,20-18-,30-28-. The van der Waals surface area contributed by atoms with E-state index < -0.39 is 12.1 Å². The molecule has 0 saturated carbocycles. The predicted molar refractivity (Wildman–Crippen MR) is 343 cm³/mol. The van der Waals surface area contributed by atoms with Crippen molar-refractivity contribution in [3.8, 4) is 0 Å². The van der Waals surface area contributed by atoms with Gasteiger partial charge in [0.2, 0.25) is 5.91 Å². The van der Waals surface area contributed by atoms with Crippen molar-refractivity contribution >= 4 is 11.9 Å². The van der Waals surface area contributed by atoms with Gasteiger partial charge in [0.05, 0.1) is 25.4 Å². The van der Waals surface area contributed by atoms with Crippen LogP contribution in [-0.4, -0.2) is 47.4 Å². The Morgan fingerprint density at radius 3 is 1.01 bits per heavy atom. The molecule has 78 heavy (non-hydrogen) atoms. The molecule has 460 valence electrons. The van der Waals surface area contributed by atoms with E-state index in [0.717, 1.165) is 51.4 Å². The Hall–Kier alpha value is -1.92. The molecule has 0 bridgehead atoms. The topological polar surface area (TPSA) is 95.9 Å². The lowest BCUT2D eigenvalue weighted by Crippen LogP contribution is -2.45. The largest absolute Gasteiger partial charge is 0.466 e. The molecule has 0 aromatic heterocycles. The van der Waals surface area contributed by atoms with Gasteiger partial charge in [-0.15, -0.1) is 0 Å². The fourth-order valence-corrected chi connectivity index (χ4v) is 11.0. The highest BCUT2D eigenvalue weighted by Gasteiger charge is 2.20. The molecule has 0 fully saturated rings. The average molecular weight is 1100 g/mol. The van der Waals surface area contributed by atoms with Gasteiger partial charge in [0, 0.05) is 12.8 Å². The maximum Gasteiger partial charge on any atom is 0.305 e. The number of hydrogen-bond acceptors (Lipinski definition) is 5. The van der Waals surface area contributed by atoms with Crippen LogP contribution >= 0.6 is 0 Å². The summed E-state index contributed by atoms with van der Waals surface area (Å²) in [4.78, 5) is 24.6. The molecular weight excluding hydrogens is 959 g/mol. The van der Waals surface area contributed by atoms with Crippen LogP contribution in [0.3, 0.4) is 0 Å². The zero-order chi connectivity index (χ0) is 56.4. The van der Waals surface area contributed by atoms with Gasteiger partial charge in [-0.05, 0) is 83.5 Å². The van der Waals surface area contributed by atoms with E-state index in [4.69, 9.17) is 4.74 Å². The van der Waals surface area contributed by atoms with Crippen molar-refractivity contribution in [2.24, 2.45) is 0 Å². The summed E-state index contributed by atoms with van der Waals surface area (Å²) in [5.41, 5.74) is 0. The zero-order valence-corrected chi connectivity index (χ0v) is 52.7. The number of hydrogen-bond donors (Lipinski definition) is 3. The maximum atomic E-state index is 12.6. The minimum atomic E-state index is -0.673. The van der Waals surface area contributed by atoms with E-state index in [1.54, 1.807) is 0 Å². The van der Waals surface area contributed by atoms with Crippen molar-refractivity contribution < 1.29 is 24.5 Å². The summed E-state index contributed by atoms with van der Waals surface area (Å²) in [6.45, 7) is 4.94. The number of ether oxygens (including phenoxy) is 1. The first-order chi connectivity index (χ1) is 38.5. The number of aliphatic hydroxyl groups is 2. The molecule has 2 atom stereocenters. The predicted octanol–water partition coefficient (Wildman–Crippen LogP) is 22.7. The van der Waals surface area contributed by atoms with Crippen LogP contribution in [0.5, 0.6) is 0 Å². The van der Waals surface area contributed by atoms with Gasteiger partial charge >= 0.3 is 5.97 Å². The molecule has 0 rings (SSSR count). The van der Waals surface area contributed by atoms with Crippen LogP contribution in [0.25, 0.3) is 0 Å². The van der Waals surface area contributed by atoms with E-state index in [1.165, 1.54) is 302 Å². The molecular formula is C72H137NO5. The number of allylic oxidation sites excluding steroid dienone is 6. The fourth-order valence-electron chi connectivity index (χ4n) is 11.0. The van der Waals surface area contributed by atoms with E-state index in [1.807, 2.05) is 0 Å². The fraction of sp³-hybridized carbons (Fsp3) is 0.889. The molecule has 6 nitrogen and oxygen atoms in total. The number of esters is 1. The van der Waals surface area contributed by atoms with Crippen molar-refractivity contribution in [3.05, 3.63) is 36.5 Å². The molecule has 2 unspecified atom stereocenters. The van der Waals surface area contributed by atoms with Crippen LogP contribution in [0.1, 0.15) is 386 Å². The summed E-state index contributed by atoms with van der Waals surface area (Å²) < 4.78 is 5.49. The first kappa shape index (κ1) is 76.1. The Morgan fingerprint density at radius 1 is 0.359 bits per heavy atom. The number of carbonyl (C=O) groups excluding carboxylic acids is 2. The number of aliphatic hydroxyl groups excluding tert-OH is 2. The van der Waals surface area contributed by atoms with Gasteiger partial charge < -0.3 is 20.3 Å². The molecule has 0 heterocycles. The van der Waals surface area contributed by atoms with Crippen LogP contribution in [0.4, 0.5) is 0 Å². The van der Waals surface area contributed by atoms with Crippen molar-refractivity contribution in [2.45, 2.75) is 398 Å². The summed E-state index contributed by atoms with van der Waals surface area (Å²) in [5, 5.41) is 23.4. The van der Waals surface area contributed by atoms with E-state index in [2.05, 4.69) is 55.6 Å². The van der Waals surface area contributed by atoms with Crippen molar-refractivity contribution in [2.75, 3.05) is 13.2 Å². The Bertz CT molecular complexity index is 1260. The smallest absolute Gasteiger partial charge is 0.305 e. The van der Waals surface area contributed by atoms with Gasteiger partial charge in [-0.3, -0.25) is 9.59 Å². The normalized spacial score (nSPS) is 12.7. The van der Waals surface area contributed by atoms with Crippen LogP contribution in [0, 0.1) is 0 Å². The quantitative estimate of drug-likeness (QED) is 0.0320. The SMILES string of the molecule is CCCCC/C=C\C/C=C\CCCCCCCCCC(=O)OCCCCCCCCCC/C=C\CCCCCCCCCC(=O)NC(CO)C(O)CCCCCCCCCCCCCCCCCCCCCCCCCCC. The second-order valence-corrected chi connectivity index (χ2v) is 24.2. The third-order valence-electron chi connectivity index (χ3n) is 16.4. The number of nitrogens with one attached hydrogen (secondary N) is 1.